The van der Waals surface area contributed by atoms with Crippen LogP contribution in [0.3, 0.4) is 0 Å². The molecular formula is C18H22N4O3S. The summed E-state index contributed by atoms with van der Waals surface area (Å²) in [7, 11) is 0. The van der Waals surface area contributed by atoms with E-state index in [9.17, 15) is 9.59 Å². The minimum atomic E-state index is -0.114. The highest BCUT2D eigenvalue weighted by Crippen LogP contribution is 2.25. The van der Waals surface area contributed by atoms with Gasteiger partial charge in [0.15, 0.2) is 0 Å². The van der Waals surface area contributed by atoms with Gasteiger partial charge in [-0.3, -0.25) is 9.59 Å². The van der Waals surface area contributed by atoms with Crippen LogP contribution in [0.1, 0.15) is 39.7 Å². The normalized spacial score (nSPS) is 11.2. The predicted molar refractivity (Wildman–Crippen MR) is 101 cm³/mol. The van der Waals surface area contributed by atoms with Crippen molar-refractivity contribution in [2.45, 2.75) is 47.0 Å². The summed E-state index contributed by atoms with van der Waals surface area (Å²) in [5.74, 6) is 1.30. The van der Waals surface area contributed by atoms with E-state index >= 15 is 0 Å². The monoisotopic (exact) mass is 374 g/mol. The van der Waals surface area contributed by atoms with Gasteiger partial charge in [-0.15, -0.1) is 11.3 Å². The molecule has 0 aliphatic rings. The van der Waals surface area contributed by atoms with Gasteiger partial charge in [0, 0.05) is 29.8 Å². The third kappa shape index (κ3) is 3.70. The van der Waals surface area contributed by atoms with E-state index in [0.717, 1.165) is 32.3 Å². The van der Waals surface area contributed by atoms with Crippen molar-refractivity contribution in [2.24, 2.45) is 0 Å². The molecule has 2 N–H and O–H groups in total. The first-order chi connectivity index (χ1) is 12.4. The molecule has 0 aromatic carbocycles. The summed E-state index contributed by atoms with van der Waals surface area (Å²) in [6, 6.07) is 0. The van der Waals surface area contributed by atoms with Gasteiger partial charge in [-0.2, -0.15) is 0 Å². The number of nitrogens with zero attached hydrogens (tertiary/aromatic N) is 2. The molecule has 3 aromatic rings. The number of aromatic amines is 1. The quantitative estimate of drug-likeness (QED) is 0.690. The van der Waals surface area contributed by atoms with Crippen molar-refractivity contribution < 1.29 is 9.32 Å². The van der Waals surface area contributed by atoms with Crippen molar-refractivity contribution in [3.8, 4) is 0 Å². The molecule has 0 saturated heterocycles. The number of rotatable bonds is 6. The number of hydrogen-bond acceptors (Lipinski definition) is 6. The second kappa shape index (κ2) is 7.41. The van der Waals surface area contributed by atoms with Gasteiger partial charge in [0.2, 0.25) is 5.91 Å². The van der Waals surface area contributed by atoms with Gasteiger partial charge in [0.05, 0.1) is 11.1 Å². The van der Waals surface area contributed by atoms with Crippen molar-refractivity contribution in [1.29, 1.82) is 0 Å². The van der Waals surface area contributed by atoms with E-state index in [1.165, 1.54) is 11.3 Å². The molecule has 7 nitrogen and oxygen atoms in total. The first kappa shape index (κ1) is 18.3. The molecule has 3 aromatic heterocycles. The molecule has 0 unspecified atom stereocenters. The molecule has 26 heavy (non-hydrogen) atoms. The molecule has 0 saturated carbocycles. The number of hydrogen-bond donors (Lipinski definition) is 2. The van der Waals surface area contributed by atoms with E-state index in [0.29, 0.717) is 37.0 Å². The molecule has 138 valence electrons. The highest BCUT2D eigenvalue weighted by molar-refractivity contribution is 7.18. The van der Waals surface area contributed by atoms with Crippen LogP contribution in [0.25, 0.3) is 10.2 Å². The molecule has 8 heteroatoms. The van der Waals surface area contributed by atoms with Crippen LogP contribution >= 0.6 is 11.3 Å². The number of H-pyrrole nitrogens is 1. The van der Waals surface area contributed by atoms with E-state index in [1.54, 1.807) is 0 Å². The number of aromatic nitrogens is 3. The van der Waals surface area contributed by atoms with Gasteiger partial charge in [-0.25, -0.2) is 4.98 Å². The minimum absolute atomic E-state index is 0.0452. The van der Waals surface area contributed by atoms with E-state index in [4.69, 9.17) is 4.52 Å². The molecule has 0 spiro atoms. The summed E-state index contributed by atoms with van der Waals surface area (Å²) in [4.78, 5) is 33.4. The van der Waals surface area contributed by atoms with Gasteiger partial charge in [0.25, 0.3) is 5.56 Å². The molecule has 1 amide bonds. The van der Waals surface area contributed by atoms with Gasteiger partial charge in [0.1, 0.15) is 16.4 Å². The van der Waals surface area contributed by atoms with Crippen molar-refractivity contribution in [2.75, 3.05) is 6.54 Å². The zero-order chi connectivity index (χ0) is 18.8. The average Bonchev–Trinajstić information content (AvgIpc) is 3.05. The Morgan fingerprint density at radius 2 is 2.00 bits per heavy atom. The lowest BCUT2D eigenvalue weighted by Crippen LogP contribution is -2.27. The number of nitrogens with one attached hydrogen (secondary N) is 2. The number of carbonyl (C=O) groups excluding carboxylic acids is 1. The molecule has 3 heterocycles. The van der Waals surface area contributed by atoms with Gasteiger partial charge >= 0.3 is 0 Å². The Hall–Kier alpha value is -2.48. The van der Waals surface area contributed by atoms with E-state index < -0.39 is 0 Å². The molecular weight excluding hydrogens is 352 g/mol. The number of thiophene rings is 1. The number of fused-ring (bicyclic) bond motifs is 1. The standard InChI is InChI=1S/C18H22N4O3S/c1-9-12(4)26-18-16(9)17(24)20-14(21-18)7-8-19-15(23)6-5-13-10(2)22-25-11(13)3/h5-8H2,1-4H3,(H,19,23)(H,20,21,24). The number of amides is 1. The Kier molecular flexibility index (Phi) is 5.22. The second-order valence-electron chi connectivity index (χ2n) is 6.38. The largest absolute Gasteiger partial charge is 0.361 e. The van der Waals surface area contributed by atoms with Crippen molar-refractivity contribution in [1.82, 2.24) is 20.4 Å². The lowest BCUT2D eigenvalue weighted by Gasteiger charge is -2.05. The Bertz CT molecular complexity index is 996. The van der Waals surface area contributed by atoms with Crippen LogP contribution in [0.2, 0.25) is 0 Å². The Morgan fingerprint density at radius 3 is 2.69 bits per heavy atom. The maximum absolute atomic E-state index is 12.2. The van der Waals surface area contributed by atoms with E-state index in [-0.39, 0.29) is 11.5 Å². The average molecular weight is 374 g/mol. The second-order valence-corrected chi connectivity index (χ2v) is 7.58. The molecule has 0 aliphatic heterocycles. The Morgan fingerprint density at radius 1 is 1.23 bits per heavy atom. The minimum Gasteiger partial charge on any atom is -0.361 e. The smallest absolute Gasteiger partial charge is 0.259 e. The van der Waals surface area contributed by atoms with Crippen LogP contribution in [-0.4, -0.2) is 27.6 Å². The van der Waals surface area contributed by atoms with Crippen LogP contribution in [0.5, 0.6) is 0 Å². The lowest BCUT2D eigenvalue weighted by atomic mass is 10.1. The Balaban J connectivity index is 1.55. The summed E-state index contributed by atoms with van der Waals surface area (Å²) in [6.07, 6.45) is 1.45. The zero-order valence-corrected chi connectivity index (χ0v) is 16.2. The summed E-state index contributed by atoms with van der Waals surface area (Å²) < 4.78 is 5.10. The predicted octanol–water partition coefficient (Wildman–Crippen LogP) is 2.50. The first-order valence-electron chi connectivity index (χ1n) is 8.54. The molecule has 0 atom stereocenters. The van der Waals surface area contributed by atoms with E-state index in [1.807, 2.05) is 27.7 Å². The Labute approximate surface area is 154 Å². The van der Waals surface area contributed by atoms with Crippen molar-refractivity contribution in [3.63, 3.8) is 0 Å². The lowest BCUT2D eigenvalue weighted by molar-refractivity contribution is -0.121. The number of aryl methyl sites for hydroxylation is 4. The highest BCUT2D eigenvalue weighted by Gasteiger charge is 2.13. The molecule has 0 radical (unpaired) electrons. The molecule has 3 rings (SSSR count). The summed E-state index contributed by atoms with van der Waals surface area (Å²) in [6.45, 7) is 8.07. The summed E-state index contributed by atoms with van der Waals surface area (Å²) in [5, 5.41) is 7.42. The third-order valence-corrected chi connectivity index (χ3v) is 5.66. The number of carbonyl (C=O) groups is 1. The fourth-order valence-electron chi connectivity index (χ4n) is 2.92. The van der Waals surface area contributed by atoms with Crippen LogP contribution < -0.4 is 10.9 Å². The van der Waals surface area contributed by atoms with Crippen molar-refractivity contribution in [3.05, 3.63) is 43.6 Å². The van der Waals surface area contributed by atoms with Crippen LogP contribution in [0, 0.1) is 27.7 Å². The fourth-order valence-corrected chi connectivity index (χ4v) is 3.97. The van der Waals surface area contributed by atoms with Gasteiger partial charge in [-0.1, -0.05) is 5.16 Å². The van der Waals surface area contributed by atoms with Crippen LogP contribution in [0.15, 0.2) is 9.32 Å². The topological polar surface area (TPSA) is 101 Å². The molecule has 0 aliphatic carbocycles. The fraction of sp³-hybridized carbons (Fsp3) is 0.444. The third-order valence-electron chi connectivity index (χ3n) is 4.56. The SMILES string of the molecule is Cc1noc(C)c1CCC(=O)NCCc1nc2sc(C)c(C)c2c(=O)[nH]1. The molecule has 0 fully saturated rings. The summed E-state index contributed by atoms with van der Waals surface area (Å²) in [5.41, 5.74) is 2.68. The maximum atomic E-state index is 12.2. The first-order valence-corrected chi connectivity index (χ1v) is 9.35. The van der Waals surface area contributed by atoms with Crippen LogP contribution in [-0.2, 0) is 17.6 Å². The summed E-state index contributed by atoms with van der Waals surface area (Å²) >= 11 is 1.52. The maximum Gasteiger partial charge on any atom is 0.259 e. The highest BCUT2D eigenvalue weighted by atomic mass is 32.1. The van der Waals surface area contributed by atoms with Gasteiger partial charge in [-0.05, 0) is 39.7 Å². The van der Waals surface area contributed by atoms with Gasteiger partial charge < -0.3 is 14.8 Å². The zero-order valence-electron chi connectivity index (χ0n) is 15.4. The van der Waals surface area contributed by atoms with Crippen LogP contribution in [0.4, 0.5) is 0 Å². The molecule has 0 bridgehead atoms. The van der Waals surface area contributed by atoms with Crippen molar-refractivity contribution >= 4 is 27.5 Å². The van der Waals surface area contributed by atoms with E-state index in [2.05, 4.69) is 20.4 Å².